The second-order valence-electron chi connectivity index (χ2n) is 3.68. The number of amides is 1. The molecule has 1 aromatic carbocycles. The quantitative estimate of drug-likeness (QED) is 0.670. The first-order chi connectivity index (χ1) is 9.29. The van der Waals surface area contributed by atoms with E-state index in [4.69, 9.17) is 4.74 Å². The Morgan fingerprint density at radius 3 is 2.68 bits per heavy atom. The van der Waals surface area contributed by atoms with Crippen LogP contribution in [0.4, 0.5) is 0 Å². The van der Waals surface area contributed by atoms with E-state index in [9.17, 15) is 4.79 Å². The van der Waals surface area contributed by atoms with Crippen LogP contribution in [0, 0.1) is 0 Å². The van der Waals surface area contributed by atoms with Gasteiger partial charge in [0, 0.05) is 11.8 Å². The van der Waals surface area contributed by atoms with Crippen LogP contribution >= 0.6 is 0 Å². The number of benzene rings is 1. The SMILES string of the molecule is COc1ccc(C(=O)N/N=C/c2ccccn2)cc1. The second kappa shape index (κ2) is 6.30. The Morgan fingerprint density at radius 2 is 2.05 bits per heavy atom. The van der Waals surface area contributed by atoms with Crippen LogP contribution in [0.5, 0.6) is 5.75 Å². The molecule has 0 fully saturated rings. The lowest BCUT2D eigenvalue weighted by Crippen LogP contribution is -2.17. The summed E-state index contributed by atoms with van der Waals surface area (Å²) in [7, 11) is 1.58. The largest absolute Gasteiger partial charge is 0.497 e. The predicted molar refractivity (Wildman–Crippen MR) is 72.3 cm³/mol. The van der Waals surface area contributed by atoms with Gasteiger partial charge in [-0.3, -0.25) is 9.78 Å². The van der Waals surface area contributed by atoms with Gasteiger partial charge in [-0.2, -0.15) is 5.10 Å². The number of carbonyl (C=O) groups is 1. The maximum atomic E-state index is 11.7. The number of nitrogens with one attached hydrogen (secondary N) is 1. The van der Waals surface area contributed by atoms with Crippen LogP contribution in [-0.2, 0) is 0 Å². The first-order valence-electron chi connectivity index (χ1n) is 5.68. The van der Waals surface area contributed by atoms with Crippen molar-refractivity contribution in [2.45, 2.75) is 0 Å². The molecule has 2 rings (SSSR count). The van der Waals surface area contributed by atoms with Crippen LogP contribution in [0.1, 0.15) is 16.1 Å². The van der Waals surface area contributed by atoms with Crippen molar-refractivity contribution in [3.8, 4) is 5.75 Å². The number of nitrogens with zero attached hydrogens (tertiary/aromatic N) is 2. The van der Waals surface area contributed by atoms with Crippen LogP contribution < -0.4 is 10.2 Å². The van der Waals surface area contributed by atoms with Crippen LogP contribution in [0.3, 0.4) is 0 Å². The maximum Gasteiger partial charge on any atom is 0.271 e. The number of hydrogen-bond donors (Lipinski definition) is 1. The molecule has 0 spiro atoms. The van der Waals surface area contributed by atoms with Gasteiger partial charge in [0.05, 0.1) is 19.0 Å². The zero-order valence-corrected chi connectivity index (χ0v) is 10.4. The molecule has 96 valence electrons. The molecule has 5 heteroatoms. The number of aromatic nitrogens is 1. The van der Waals surface area contributed by atoms with Crippen LogP contribution in [0.15, 0.2) is 53.8 Å². The minimum Gasteiger partial charge on any atom is -0.497 e. The predicted octanol–water partition coefficient (Wildman–Crippen LogP) is 1.85. The third kappa shape index (κ3) is 3.64. The molecule has 0 saturated carbocycles. The molecule has 0 aliphatic rings. The van der Waals surface area contributed by atoms with E-state index >= 15 is 0 Å². The van der Waals surface area contributed by atoms with Gasteiger partial charge < -0.3 is 4.74 Å². The number of hydrazone groups is 1. The van der Waals surface area contributed by atoms with E-state index in [2.05, 4.69) is 15.5 Å². The molecule has 0 radical (unpaired) electrons. The lowest BCUT2D eigenvalue weighted by Gasteiger charge is -2.01. The maximum absolute atomic E-state index is 11.7. The minimum atomic E-state index is -0.283. The van der Waals surface area contributed by atoms with Crippen LogP contribution in [0.25, 0.3) is 0 Å². The number of rotatable bonds is 4. The molecule has 1 N–H and O–H groups in total. The summed E-state index contributed by atoms with van der Waals surface area (Å²) in [5.74, 6) is 0.420. The van der Waals surface area contributed by atoms with E-state index in [0.717, 1.165) is 0 Å². The molecule has 0 saturated heterocycles. The Kier molecular flexibility index (Phi) is 4.23. The van der Waals surface area contributed by atoms with Crippen molar-refractivity contribution in [1.82, 2.24) is 10.4 Å². The fourth-order valence-electron chi connectivity index (χ4n) is 1.42. The van der Waals surface area contributed by atoms with Crippen molar-refractivity contribution >= 4 is 12.1 Å². The summed E-state index contributed by atoms with van der Waals surface area (Å²) in [4.78, 5) is 15.8. The second-order valence-corrected chi connectivity index (χ2v) is 3.68. The fourth-order valence-corrected chi connectivity index (χ4v) is 1.42. The van der Waals surface area contributed by atoms with Gasteiger partial charge >= 0.3 is 0 Å². The molecular formula is C14H13N3O2. The van der Waals surface area contributed by atoms with E-state index in [1.54, 1.807) is 43.6 Å². The molecular weight excluding hydrogens is 242 g/mol. The summed E-state index contributed by atoms with van der Waals surface area (Å²) >= 11 is 0. The molecule has 0 atom stereocenters. The van der Waals surface area contributed by atoms with E-state index in [-0.39, 0.29) is 5.91 Å². The Bertz CT molecular complexity index is 565. The Balaban J connectivity index is 1.95. The summed E-state index contributed by atoms with van der Waals surface area (Å²) in [6, 6.07) is 12.2. The van der Waals surface area contributed by atoms with Gasteiger partial charge in [0.2, 0.25) is 0 Å². The highest BCUT2D eigenvalue weighted by molar-refractivity contribution is 5.94. The fraction of sp³-hybridized carbons (Fsp3) is 0.0714. The summed E-state index contributed by atoms with van der Waals surface area (Å²) in [6.45, 7) is 0. The highest BCUT2D eigenvalue weighted by Crippen LogP contribution is 2.10. The summed E-state index contributed by atoms with van der Waals surface area (Å²) in [5, 5.41) is 3.84. The first kappa shape index (κ1) is 12.8. The normalized spacial score (nSPS) is 10.4. The van der Waals surface area contributed by atoms with Gasteiger partial charge in [-0.05, 0) is 36.4 Å². The van der Waals surface area contributed by atoms with Crippen molar-refractivity contribution in [1.29, 1.82) is 0 Å². The number of pyridine rings is 1. The van der Waals surface area contributed by atoms with Gasteiger partial charge in [-0.15, -0.1) is 0 Å². The number of hydrogen-bond acceptors (Lipinski definition) is 4. The molecule has 0 aliphatic heterocycles. The Morgan fingerprint density at radius 1 is 1.26 bits per heavy atom. The van der Waals surface area contributed by atoms with Crippen molar-refractivity contribution in [3.05, 3.63) is 59.9 Å². The average Bonchev–Trinajstić information content (AvgIpc) is 2.48. The average molecular weight is 255 g/mol. The molecule has 19 heavy (non-hydrogen) atoms. The summed E-state index contributed by atoms with van der Waals surface area (Å²) in [5.41, 5.74) is 3.63. The lowest BCUT2D eigenvalue weighted by atomic mass is 10.2. The van der Waals surface area contributed by atoms with Crippen molar-refractivity contribution in [2.75, 3.05) is 7.11 Å². The highest BCUT2D eigenvalue weighted by atomic mass is 16.5. The molecule has 2 aromatic rings. The number of methoxy groups -OCH3 is 1. The Labute approximate surface area is 110 Å². The zero-order valence-electron chi connectivity index (χ0n) is 10.4. The lowest BCUT2D eigenvalue weighted by molar-refractivity contribution is 0.0955. The molecule has 1 heterocycles. The first-order valence-corrected chi connectivity index (χ1v) is 5.68. The van der Waals surface area contributed by atoms with Crippen molar-refractivity contribution in [3.63, 3.8) is 0 Å². The summed E-state index contributed by atoms with van der Waals surface area (Å²) in [6.07, 6.45) is 3.15. The molecule has 1 amide bonds. The van der Waals surface area contributed by atoms with E-state index in [1.807, 2.05) is 12.1 Å². The van der Waals surface area contributed by atoms with Gasteiger partial charge in [0.1, 0.15) is 5.75 Å². The van der Waals surface area contributed by atoms with Gasteiger partial charge in [-0.1, -0.05) is 6.07 Å². The van der Waals surface area contributed by atoms with E-state index in [0.29, 0.717) is 17.0 Å². The number of ether oxygens (including phenoxy) is 1. The topological polar surface area (TPSA) is 63.6 Å². The summed E-state index contributed by atoms with van der Waals surface area (Å²) < 4.78 is 5.02. The number of carbonyl (C=O) groups excluding carboxylic acids is 1. The van der Waals surface area contributed by atoms with Gasteiger partial charge in [-0.25, -0.2) is 5.43 Å². The van der Waals surface area contributed by atoms with Crippen molar-refractivity contribution < 1.29 is 9.53 Å². The van der Waals surface area contributed by atoms with E-state index < -0.39 is 0 Å². The van der Waals surface area contributed by atoms with Gasteiger partial charge in [0.15, 0.2) is 0 Å². The smallest absolute Gasteiger partial charge is 0.271 e. The van der Waals surface area contributed by atoms with E-state index in [1.165, 1.54) is 6.21 Å². The van der Waals surface area contributed by atoms with Gasteiger partial charge in [0.25, 0.3) is 5.91 Å². The molecule has 0 bridgehead atoms. The highest BCUT2D eigenvalue weighted by Gasteiger charge is 2.03. The monoisotopic (exact) mass is 255 g/mol. The molecule has 5 nitrogen and oxygen atoms in total. The zero-order chi connectivity index (χ0) is 13.5. The standard InChI is InChI=1S/C14H13N3O2/c1-19-13-7-5-11(6-8-13)14(18)17-16-10-12-4-2-3-9-15-12/h2-10H,1H3,(H,17,18)/b16-10+. The van der Waals surface area contributed by atoms with Crippen LogP contribution in [0.2, 0.25) is 0 Å². The third-order valence-corrected chi connectivity index (χ3v) is 2.40. The molecule has 0 unspecified atom stereocenters. The Hall–Kier alpha value is -2.69. The molecule has 1 aromatic heterocycles. The minimum absolute atomic E-state index is 0.283. The molecule has 0 aliphatic carbocycles. The van der Waals surface area contributed by atoms with Crippen LogP contribution in [-0.4, -0.2) is 24.2 Å². The van der Waals surface area contributed by atoms with Crippen molar-refractivity contribution in [2.24, 2.45) is 5.10 Å². The third-order valence-electron chi connectivity index (χ3n) is 2.40.